The van der Waals surface area contributed by atoms with E-state index in [9.17, 15) is 4.79 Å². The Hall–Kier alpha value is -1.81. The van der Waals surface area contributed by atoms with Crippen LogP contribution in [0.1, 0.15) is 32.1 Å². The Bertz CT molecular complexity index is 626. The van der Waals surface area contributed by atoms with Crippen LogP contribution in [0.25, 0.3) is 0 Å². The van der Waals surface area contributed by atoms with Crippen LogP contribution in [0.4, 0.5) is 0 Å². The molecule has 21 heavy (non-hydrogen) atoms. The van der Waals surface area contributed by atoms with E-state index in [4.69, 9.17) is 4.74 Å². The molecule has 0 radical (unpaired) electrons. The molecule has 110 valence electrons. The first-order valence-corrected chi connectivity index (χ1v) is 8.11. The Morgan fingerprint density at radius 1 is 1.33 bits per heavy atom. The summed E-state index contributed by atoms with van der Waals surface area (Å²) in [5, 5.41) is 3.00. The lowest BCUT2D eigenvalue weighted by molar-refractivity contribution is 0.0958. The minimum Gasteiger partial charge on any atom is -0.496 e. The number of benzene rings is 1. The van der Waals surface area contributed by atoms with Gasteiger partial charge >= 0.3 is 0 Å². The summed E-state index contributed by atoms with van der Waals surface area (Å²) in [6.07, 6.45) is 4.27. The van der Waals surface area contributed by atoms with Crippen LogP contribution >= 0.6 is 11.3 Å². The van der Waals surface area contributed by atoms with Crippen LogP contribution < -0.4 is 10.1 Å². The van der Waals surface area contributed by atoms with E-state index in [1.165, 1.54) is 16.9 Å². The number of nitrogens with one attached hydrogen (secondary N) is 1. The van der Waals surface area contributed by atoms with Crippen LogP contribution in [-0.4, -0.2) is 19.6 Å². The third kappa shape index (κ3) is 3.10. The zero-order valence-electron chi connectivity index (χ0n) is 12.1. The minimum atomic E-state index is 0.0456. The number of carbonyl (C=O) groups is 1. The van der Waals surface area contributed by atoms with Crippen LogP contribution in [-0.2, 0) is 19.3 Å². The lowest BCUT2D eigenvalue weighted by Crippen LogP contribution is -2.25. The Balaban J connectivity index is 1.56. The fourth-order valence-corrected chi connectivity index (χ4v) is 3.92. The maximum absolute atomic E-state index is 12.2. The molecule has 1 aromatic carbocycles. The van der Waals surface area contributed by atoms with Gasteiger partial charge in [-0.3, -0.25) is 4.79 Å². The average Bonchev–Trinajstić information content (AvgIpc) is 3.09. The lowest BCUT2D eigenvalue weighted by Gasteiger charge is -2.08. The van der Waals surface area contributed by atoms with E-state index >= 15 is 0 Å². The number of hydrogen-bond donors (Lipinski definition) is 1. The van der Waals surface area contributed by atoms with Crippen LogP contribution in [0, 0.1) is 0 Å². The summed E-state index contributed by atoms with van der Waals surface area (Å²) in [5.41, 5.74) is 2.49. The maximum Gasteiger partial charge on any atom is 0.261 e. The summed E-state index contributed by atoms with van der Waals surface area (Å²) in [5.74, 6) is 0.922. The van der Waals surface area contributed by atoms with Crippen LogP contribution in [0.3, 0.4) is 0 Å². The van der Waals surface area contributed by atoms with Gasteiger partial charge in [0.2, 0.25) is 0 Å². The van der Waals surface area contributed by atoms with Gasteiger partial charge in [-0.25, -0.2) is 0 Å². The van der Waals surface area contributed by atoms with Crippen molar-refractivity contribution < 1.29 is 9.53 Å². The molecule has 3 rings (SSSR count). The zero-order valence-corrected chi connectivity index (χ0v) is 13.0. The van der Waals surface area contributed by atoms with Crippen molar-refractivity contribution in [2.75, 3.05) is 13.7 Å². The van der Waals surface area contributed by atoms with Crippen molar-refractivity contribution in [2.24, 2.45) is 0 Å². The number of rotatable bonds is 5. The quantitative estimate of drug-likeness (QED) is 0.921. The molecule has 0 bridgehead atoms. The van der Waals surface area contributed by atoms with Crippen molar-refractivity contribution in [1.82, 2.24) is 5.32 Å². The molecule has 2 aromatic rings. The summed E-state index contributed by atoms with van der Waals surface area (Å²) >= 11 is 1.65. The number of carbonyl (C=O) groups excluding carboxylic acids is 1. The summed E-state index contributed by atoms with van der Waals surface area (Å²) in [6, 6.07) is 9.98. The molecule has 1 aromatic heterocycles. The third-order valence-corrected chi connectivity index (χ3v) is 5.08. The van der Waals surface area contributed by atoms with E-state index in [0.29, 0.717) is 6.54 Å². The molecule has 0 saturated carbocycles. The van der Waals surface area contributed by atoms with Crippen LogP contribution in [0.5, 0.6) is 5.75 Å². The molecule has 0 fully saturated rings. The van der Waals surface area contributed by atoms with E-state index in [1.54, 1.807) is 18.4 Å². The molecule has 1 N–H and O–H groups in total. The standard InChI is InChI=1S/C17H19NO2S/c1-20-14-7-3-2-5-12(14)9-10-18-17(19)16-11-13-6-4-8-15(13)21-16/h2-3,5,7,11H,4,6,8-10H2,1H3,(H,18,19). The van der Waals surface area contributed by atoms with Gasteiger partial charge in [-0.15, -0.1) is 11.3 Å². The highest BCUT2D eigenvalue weighted by atomic mass is 32.1. The fourth-order valence-electron chi connectivity index (χ4n) is 2.75. The molecule has 0 unspecified atom stereocenters. The minimum absolute atomic E-state index is 0.0456. The summed E-state index contributed by atoms with van der Waals surface area (Å²) < 4.78 is 5.32. The van der Waals surface area contributed by atoms with Gasteiger partial charge in [0.15, 0.2) is 0 Å². The van der Waals surface area contributed by atoms with Gasteiger partial charge in [-0.1, -0.05) is 18.2 Å². The highest BCUT2D eigenvalue weighted by Crippen LogP contribution is 2.30. The second-order valence-electron chi connectivity index (χ2n) is 5.23. The Morgan fingerprint density at radius 2 is 2.19 bits per heavy atom. The second kappa shape index (κ2) is 6.31. The third-order valence-electron chi connectivity index (χ3n) is 3.84. The first kappa shape index (κ1) is 14.1. The smallest absolute Gasteiger partial charge is 0.261 e. The lowest BCUT2D eigenvalue weighted by atomic mass is 10.1. The zero-order chi connectivity index (χ0) is 14.7. The average molecular weight is 301 g/mol. The highest BCUT2D eigenvalue weighted by molar-refractivity contribution is 7.14. The normalized spacial score (nSPS) is 13.0. The predicted molar refractivity (Wildman–Crippen MR) is 85.4 cm³/mol. The summed E-state index contributed by atoms with van der Waals surface area (Å²) in [7, 11) is 1.67. The number of para-hydroxylation sites is 1. The summed E-state index contributed by atoms with van der Waals surface area (Å²) in [6.45, 7) is 0.627. The number of thiophene rings is 1. The Labute approximate surface area is 129 Å². The van der Waals surface area contributed by atoms with E-state index in [-0.39, 0.29) is 5.91 Å². The molecule has 0 saturated heterocycles. The summed E-state index contributed by atoms with van der Waals surface area (Å²) in [4.78, 5) is 14.4. The van der Waals surface area contributed by atoms with Crippen molar-refractivity contribution >= 4 is 17.2 Å². The fraction of sp³-hybridized carbons (Fsp3) is 0.353. The SMILES string of the molecule is COc1ccccc1CCNC(=O)c1cc2c(s1)CCC2. The van der Waals surface area contributed by atoms with Crippen molar-refractivity contribution in [2.45, 2.75) is 25.7 Å². The largest absolute Gasteiger partial charge is 0.496 e. The van der Waals surface area contributed by atoms with Gasteiger partial charge in [-0.2, -0.15) is 0 Å². The maximum atomic E-state index is 12.2. The molecule has 1 heterocycles. The van der Waals surface area contributed by atoms with E-state index in [0.717, 1.165) is 35.5 Å². The van der Waals surface area contributed by atoms with Gasteiger partial charge in [0.1, 0.15) is 5.75 Å². The number of fused-ring (bicyclic) bond motifs is 1. The van der Waals surface area contributed by atoms with E-state index < -0.39 is 0 Å². The molecular weight excluding hydrogens is 282 g/mol. The van der Waals surface area contributed by atoms with E-state index in [1.807, 2.05) is 24.3 Å². The first-order chi connectivity index (χ1) is 10.3. The molecule has 1 amide bonds. The number of methoxy groups -OCH3 is 1. The predicted octanol–water partition coefficient (Wildman–Crippen LogP) is 3.22. The molecule has 0 aliphatic heterocycles. The number of aryl methyl sites for hydroxylation is 2. The number of ether oxygens (including phenoxy) is 1. The molecule has 1 aliphatic rings. The number of amides is 1. The Morgan fingerprint density at radius 3 is 3.00 bits per heavy atom. The highest BCUT2D eigenvalue weighted by Gasteiger charge is 2.18. The monoisotopic (exact) mass is 301 g/mol. The molecule has 0 atom stereocenters. The van der Waals surface area contributed by atoms with Crippen molar-refractivity contribution in [3.05, 3.63) is 51.2 Å². The van der Waals surface area contributed by atoms with Crippen molar-refractivity contribution in [3.63, 3.8) is 0 Å². The van der Waals surface area contributed by atoms with Gasteiger partial charge in [-0.05, 0) is 48.9 Å². The van der Waals surface area contributed by atoms with E-state index in [2.05, 4.69) is 11.4 Å². The number of hydrogen-bond acceptors (Lipinski definition) is 3. The molecule has 3 nitrogen and oxygen atoms in total. The first-order valence-electron chi connectivity index (χ1n) is 7.29. The van der Waals surface area contributed by atoms with Crippen molar-refractivity contribution in [1.29, 1.82) is 0 Å². The van der Waals surface area contributed by atoms with Crippen LogP contribution in [0.15, 0.2) is 30.3 Å². The van der Waals surface area contributed by atoms with Gasteiger partial charge in [0, 0.05) is 11.4 Å². The molecule has 1 aliphatic carbocycles. The Kier molecular flexibility index (Phi) is 4.25. The van der Waals surface area contributed by atoms with Gasteiger partial charge in [0.05, 0.1) is 12.0 Å². The van der Waals surface area contributed by atoms with Crippen LogP contribution in [0.2, 0.25) is 0 Å². The molecule has 4 heteroatoms. The second-order valence-corrected chi connectivity index (χ2v) is 6.37. The van der Waals surface area contributed by atoms with Gasteiger partial charge in [0.25, 0.3) is 5.91 Å². The molecule has 0 spiro atoms. The molecular formula is C17H19NO2S. The van der Waals surface area contributed by atoms with Gasteiger partial charge < -0.3 is 10.1 Å². The topological polar surface area (TPSA) is 38.3 Å². The van der Waals surface area contributed by atoms with Crippen molar-refractivity contribution in [3.8, 4) is 5.75 Å².